The Bertz CT molecular complexity index is 344. The molecule has 6 nitrogen and oxygen atoms in total. The quantitative estimate of drug-likeness (QED) is 0.728. The van der Waals surface area contributed by atoms with Crippen molar-refractivity contribution in [1.82, 2.24) is 9.97 Å². The number of aliphatic carboxylic acids is 1. The van der Waals surface area contributed by atoms with E-state index in [4.69, 9.17) is 9.84 Å². The van der Waals surface area contributed by atoms with Crippen LogP contribution in [0.1, 0.15) is 0 Å². The van der Waals surface area contributed by atoms with E-state index < -0.39 is 11.9 Å². The maximum atomic E-state index is 10.8. The summed E-state index contributed by atoms with van der Waals surface area (Å²) in [4.78, 5) is 18.8. The molecular formula is C9H11N3O3. The van der Waals surface area contributed by atoms with Crippen molar-refractivity contribution in [2.24, 2.45) is 5.92 Å². The molecule has 0 radical (unpaired) electrons. The van der Waals surface area contributed by atoms with Gasteiger partial charge in [0.15, 0.2) is 0 Å². The molecule has 0 aliphatic carbocycles. The second-order valence-corrected chi connectivity index (χ2v) is 3.31. The van der Waals surface area contributed by atoms with Crippen LogP contribution >= 0.6 is 0 Å². The normalized spacial score (nSPS) is 25.1. The number of nitrogens with zero attached hydrogens (tertiary/aromatic N) is 2. The van der Waals surface area contributed by atoms with E-state index in [0.717, 1.165) is 0 Å². The molecule has 6 heteroatoms. The Kier molecular flexibility index (Phi) is 2.77. The molecule has 1 saturated heterocycles. The highest BCUT2D eigenvalue weighted by Crippen LogP contribution is 2.16. The Morgan fingerprint density at radius 3 is 2.87 bits per heavy atom. The summed E-state index contributed by atoms with van der Waals surface area (Å²) in [5, 5.41) is 11.8. The zero-order chi connectivity index (χ0) is 10.7. The molecule has 2 rings (SSSR count). The number of nitrogens with one attached hydrogen (secondary N) is 1. The number of ether oxygens (including phenoxy) is 1. The highest BCUT2D eigenvalue weighted by molar-refractivity contribution is 5.72. The number of hydrogen-bond donors (Lipinski definition) is 2. The summed E-state index contributed by atoms with van der Waals surface area (Å²) >= 11 is 0. The lowest BCUT2D eigenvalue weighted by Crippen LogP contribution is -2.33. The van der Waals surface area contributed by atoms with Crippen molar-refractivity contribution in [2.45, 2.75) is 6.04 Å². The minimum atomic E-state index is -0.860. The van der Waals surface area contributed by atoms with E-state index >= 15 is 0 Å². The molecule has 1 aliphatic heterocycles. The third-order valence-corrected chi connectivity index (χ3v) is 2.28. The molecule has 1 aromatic heterocycles. The van der Waals surface area contributed by atoms with Crippen molar-refractivity contribution >= 4 is 11.9 Å². The predicted molar refractivity (Wildman–Crippen MR) is 51.4 cm³/mol. The van der Waals surface area contributed by atoms with Crippen molar-refractivity contribution in [1.29, 1.82) is 0 Å². The lowest BCUT2D eigenvalue weighted by molar-refractivity contribution is -0.141. The van der Waals surface area contributed by atoms with E-state index in [1.54, 1.807) is 18.5 Å². The Balaban J connectivity index is 2.03. The summed E-state index contributed by atoms with van der Waals surface area (Å²) in [6, 6.07) is 1.44. The Morgan fingerprint density at radius 1 is 1.47 bits per heavy atom. The highest BCUT2D eigenvalue weighted by Gasteiger charge is 2.34. The largest absolute Gasteiger partial charge is 0.481 e. The van der Waals surface area contributed by atoms with E-state index in [1.807, 2.05) is 0 Å². The van der Waals surface area contributed by atoms with E-state index in [2.05, 4.69) is 15.3 Å². The number of hydrogen-bond acceptors (Lipinski definition) is 5. The summed E-state index contributed by atoms with van der Waals surface area (Å²) in [5.41, 5.74) is 0. The second-order valence-electron chi connectivity index (χ2n) is 3.31. The zero-order valence-electron chi connectivity index (χ0n) is 7.96. The molecule has 0 bridgehead atoms. The van der Waals surface area contributed by atoms with Gasteiger partial charge in [-0.1, -0.05) is 0 Å². The second kappa shape index (κ2) is 4.22. The lowest BCUT2D eigenvalue weighted by atomic mass is 10.0. The smallest absolute Gasteiger partial charge is 0.311 e. The highest BCUT2D eigenvalue weighted by atomic mass is 16.5. The van der Waals surface area contributed by atoms with Gasteiger partial charge in [-0.25, -0.2) is 9.97 Å². The molecule has 15 heavy (non-hydrogen) atoms. The van der Waals surface area contributed by atoms with Crippen molar-refractivity contribution in [3.63, 3.8) is 0 Å². The molecule has 80 valence electrons. The van der Waals surface area contributed by atoms with Gasteiger partial charge in [-0.15, -0.1) is 0 Å². The average Bonchev–Trinajstić information content (AvgIpc) is 2.67. The summed E-state index contributed by atoms with van der Waals surface area (Å²) in [6.07, 6.45) is 3.20. The number of rotatable bonds is 3. The fourth-order valence-electron chi connectivity index (χ4n) is 1.48. The predicted octanol–water partition coefficient (Wildman–Crippen LogP) is -0.0119. The van der Waals surface area contributed by atoms with Crippen LogP contribution in [-0.2, 0) is 9.53 Å². The van der Waals surface area contributed by atoms with Crippen LogP contribution in [0.3, 0.4) is 0 Å². The van der Waals surface area contributed by atoms with Crippen molar-refractivity contribution in [3.05, 3.63) is 18.5 Å². The number of anilines is 1. The van der Waals surface area contributed by atoms with Gasteiger partial charge < -0.3 is 15.2 Å². The summed E-state index contributed by atoms with van der Waals surface area (Å²) in [5.74, 6) is -0.964. The molecule has 0 amide bonds. The molecule has 1 aliphatic rings. The van der Waals surface area contributed by atoms with Gasteiger partial charge in [0, 0.05) is 12.4 Å². The van der Waals surface area contributed by atoms with E-state index in [9.17, 15) is 4.79 Å². The van der Waals surface area contributed by atoms with Crippen LogP contribution in [0.4, 0.5) is 5.95 Å². The van der Waals surface area contributed by atoms with Gasteiger partial charge in [0.05, 0.1) is 19.3 Å². The fraction of sp³-hybridized carbons (Fsp3) is 0.444. The minimum Gasteiger partial charge on any atom is -0.481 e. The molecule has 2 atom stereocenters. The van der Waals surface area contributed by atoms with Crippen LogP contribution in [0.5, 0.6) is 0 Å². The third kappa shape index (κ3) is 2.21. The van der Waals surface area contributed by atoms with Crippen molar-refractivity contribution in [2.75, 3.05) is 18.5 Å². The van der Waals surface area contributed by atoms with E-state index in [1.165, 1.54) is 0 Å². The van der Waals surface area contributed by atoms with E-state index in [0.29, 0.717) is 12.6 Å². The summed E-state index contributed by atoms with van der Waals surface area (Å²) < 4.78 is 5.10. The van der Waals surface area contributed by atoms with E-state index in [-0.39, 0.29) is 12.6 Å². The molecule has 0 aromatic carbocycles. The molecule has 2 heterocycles. The first-order valence-electron chi connectivity index (χ1n) is 4.61. The summed E-state index contributed by atoms with van der Waals surface area (Å²) in [6.45, 7) is 0.606. The van der Waals surface area contributed by atoms with Gasteiger partial charge in [0.25, 0.3) is 0 Å². The number of carboxylic acids is 1. The average molecular weight is 209 g/mol. The first kappa shape index (κ1) is 9.85. The lowest BCUT2D eigenvalue weighted by Gasteiger charge is -2.14. The first-order valence-corrected chi connectivity index (χ1v) is 4.61. The zero-order valence-corrected chi connectivity index (χ0v) is 7.96. The minimum absolute atomic E-state index is 0.236. The molecule has 2 unspecified atom stereocenters. The third-order valence-electron chi connectivity index (χ3n) is 2.28. The Labute approximate surface area is 86.3 Å². The van der Waals surface area contributed by atoms with Crippen molar-refractivity contribution in [3.8, 4) is 0 Å². The molecule has 1 aromatic rings. The van der Waals surface area contributed by atoms with Gasteiger partial charge in [-0.3, -0.25) is 4.79 Å². The first-order chi connectivity index (χ1) is 7.27. The Hall–Kier alpha value is -1.69. The molecule has 0 spiro atoms. The van der Waals surface area contributed by atoms with Crippen LogP contribution in [0.15, 0.2) is 18.5 Å². The van der Waals surface area contributed by atoms with Gasteiger partial charge >= 0.3 is 5.97 Å². The number of aromatic nitrogens is 2. The molecule has 2 N–H and O–H groups in total. The fourth-order valence-corrected chi connectivity index (χ4v) is 1.48. The van der Waals surface area contributed by atoms with Crippen LogP contribution in [0, 0.1) is 5.92 Å². The molecular weight excluding hydrogens is 198 g/mol. The SMILES string of the molecule is O=C(O)C1COCC1Nc1ncccn1. The standard InChI is InChI=1S/C9H11N3O3/c13-8(14)6-4-15-5-7(6)12-9-10-2-1-3-11-9/h1-3,6-7H,4-5H2,(H,13,14)(H,10,11,12). The van der Waals surface area contributed by atoms with Crippen LogP contribution in [0.2, 0.25) is 0 Å². The maximum absolute atomic E-state index is 10.8. The number of carbonyl (C=O) groups is 1. The Morgan fingerprint density at radius 2 is 2.20 bits per heavy atom. The topological polar surface area (TPSA) is 84.3 Å². The maximum Gasteiger partial charge on any atom is 0.311 e. The van der Waals surface area contributed by atoms with Gasteiger partial charge in [0.1, 0.15) is 5.92 Å². The monoisotopic (exact) mass is 209 g/mol. The van der Waals surface area contributed by atoms with Crippen LogP contribution in [0.25, 0.3) is 0 Å². The number of carboxylic acid groups (broad SMARTS) is 1. The summed E-state index contributed by atoms with van der Waals surface area (Å²) in [7, 11) is 0. The van der Waals surface area contributed by atoms with Gasteiger partial charge in [0.2, 0.25) is 5.95 Å². The van der Waals surface area contributed by atoms with Crippen LogP contribution < -0.4 is 5.32 Å². The van der Waals surface area contributed by atoms with Crippen molar-refractivity contribution < 1.29 is 14.6 Å². The van der Waals surface area contributed by atoms with Crippen LogP contribution in [-0.4, -0.2) is 40.3 Å². The van der Waals surface area contributed by atoms with Gasteiger partial charge in [-0.2, -0.15) is 0 Å². The molecule has 1 fully saturated rings. The van der Waals surface area contributed by atoms with Gasteiger partial charge in [-0.05, 0) is 6.07 Å². The molecule has 0 saturated carbocycles.